The lowest BCUT2D eigenvalue weighted by Crippen LogP contribution is -2.29. The minimum atomic E-state index is -0.590. The molecule has 2 nitrogen and oxygen atoms in total. The molecule has 8 aromatic rings. The van der Waals surface area contributed by atoms with Gasteiger partial charge in [-0.3, -0.25) is 0 Å². The zero-order valence-corrected chi connectivity index (χ0v) is 30.0. The highest BCUT2D eigenvalue weighted by molar-refractivity contribution is 5.89. The van der Waals surface area contributed by atoms with Gasteiger partial charge in [0.2, 0.25) is 0 Å². The van der Waals surface area contributed by atoms with Gasteiger partial charge in [0.15, 0.2) is 0 Å². The Morgan fingerprint density at radius 2 is 0.623 bits per heavy atom. The molecule has 9 rings (SSSR count). The molecule has 1 aliphatic rings. The van der Waals surface area contributed by atoms with Crippen LogP contribution in [0.3, 0.4) is 0 Å². The van der Waals surface area contributed by atoms with Gasteiger partial charge in [-0.05, 0) is 120 Å². The van der Waals surface area contributed by atoms with Crippen molar-refractivity contribution in [2.24, 2.45) is 0 Å². The monoisotopic (exact) mass is 680 g/mol. The first-order chi connectivity index (χ1) is 26.1. The Balaban J connectivity index is 1.34. The van der Waals surface area contributed by atoms with Crippen molar-refractivity contribution in [3.8, 4) is 11.1 Å². The highest BCUT2D eigenvalue weighted by atomic mass is 15.1. The Hall–Kier alpha value is -6.64. The molecule has 0 aliphatic heterocycles. The van der Waals surface area contributed by atoms with E-state index in [-0.39, 0.29) is 0 Å². The number of rotatable bonds is 8. The molecule has 0 unspecified atom stereocenters. The molecule has 0 amide bonds. The standard InChI is InChI=1S/C51H40N2/c1-37-29-31-47-48-32-30-38(2)34-50(48)51(49(47)33-37,39-17-15-27-45(35-39)52(41-19-7-3-8-20-41)42-21-9-4-10-22-42)40-18-16-28-46(36-40)53(43-23-11-5-12-24-43)44-25-13-6-14-26-44/h3-36H,1-2H3. The number of fused-ring (bicyclic) bond motifs is 3. The molecule has 0 aromatic heterocycles. The van der Waals surface area contributed by atoms with Crippen LogP contribution in [0, 0.1) is 13.8 Å². The van der Waals surface area contributed by atoms with Crippen molar-refractivity contribution >= 4 is 34.1 Å². The summed E-state index contributed by atoms with van der Waals surface area (Å²) >= 11 is 0. The van der Waals surface area contributed by atoms with Crippen LogP contribution in [0.2, 0.25) is 0 Å². The third-order valence-electron chi connectivity index (χ3n) is 10.6. The molecule has 2 heteroatoms. The third-order valence-corrected chi connectivity index (χ3v) is 10.6. The molecule has 0 heterocycles. The lowest BCUT2D eigenvalue weighted by atomic mass is 9.67. The highest BCUT2D eigenvalue weighted by Gasteiger charge is 2.46. The van der Waals surface area contributed by atoms with E-state index in [1.54, 1.807) is 0 Å². The molecule has 8 aromatic carbocycles. The third kappa shape index (κ3) is 5.60. The van der Waals surface area contributed by atoms with E-state index in [2.05, 4.69) is 230 Å². The summed E-state index contributed by atoms with van der Waals surface area (Å²) < 4.78 is 0. The van der Waals surface area contributed by atoms with Crippen molar-refractivity contribution in [1.82, 2.24) is 0 Å². The van der Waals surface area contributed by atoms with E-state index in [1.165, 1.54) is 44.5 Å². The van der Waals surface area contributed by atoms with E-state index < -0.39 is 5.41 Å². The Bertz CT molecular complexity index is 2270. The molecule has 254 valence electrons. The molecule has 0 saturated carbocycles. The highest BCUT2D eigenvalue weighted by Crippen LogP contribution is 2.57. The second kappa shape index (κ2) is 13.5. The lowest BCUT2D eigenvalue weighted by Gasteiger charge is -2.36. The Kier molecular flexibility index (Phi) is 8.21. The first kappa shape index (κ1) is 32.3. The second-order valence-electron chi connectivity index (χ2n) is 14.0. The van der Waals surface area contributed by atoms with Gasteiger partial charge in [-0.25, -0.2) is 0 Å². The van der Waals surface area contributed by atoms with E-state index in [0.717, 1.165) is 34.1 Å². The number of aryl methyl sites for hydroxylation is 2. The van der Waals surface area contributed by atoms with Crippen LogP contribution in [0.5, 0.6) is 0 Å². The molecule has 0 saturated heterocycles. The van der Waals surface area contributed by atoms with Crippen LogP contribution in [-0.2, 0) is 5.41 Å². The Labute approximate surface area is 312 Å². The summed E-state index contributed by atoms with van der Waals surface area (Å²) in [6.07, 6.45) is 0. The van der Waals surface area contributed by atoms with Crippen LogP contribution in [-0.4, -0.2) is 0 Å². The van der Waals surface area contributed by atoms with E-state index in [1.807, 2.05) is 0 Å². The van der Waals surface area contributed by atoms with Crippen LogP contribution >= 0.6 is 0 Å². The molecule has 0 atom stereocenters. The Morgan fingerprint density at radius 1 is 0.302 bits per heavy atom. The normalized spacial score (nSPS) is 12.5. The molecular formula is C51H40N2. The zero-order valence-electron chi connectivity index (χ0n) is 30.0. The van der Waals surface area contributed by atoms with E-state index in [9.17, 15) is 0 Å². The minimum Gasteiger partial charge on any atom is -0.310 e. The molecule has 0 spiro atoms. The van der Waals surface area contributed by atoms with Crippen molar-refractivity contribution in [1.29, 1.82) is 0 Å². The molecule has 0 fully saturated rings. The smallest absolute Gasteiger partial charge is 0.0715 e. The van der Waals surface area contributed by atoms with Crippen LogP contribution in [0.25, 0.3) is 11.1 Å². The predicted octanol–water partition coefficient (Wildman–Crippen LogP) is 13.6. The fourth-order valence-electron chi connectivity index (χ4n) is 8.30. The van der Waals surface area contributed by atoms with Crippen molar-refractivity contribution in [3.05, 3.63) is 240 Å². The van der Waals surface area contributed by atoms with Gasteiger partial charge in [-0.15, -0.1) is 0 Å². The summed E-state index contributed by atoms with van der Waals surface area (Å²) in [7, 11) is 0. The van der Waals surface area contributed by atoms with Crippen LogP contribution in [0.1, 0.15) is 33.4 Å². The van der Waals surface area contributed by atoms with Crippen LogP contribution < -0.4 is 9.80 Å². The lowest BCUT2D eigenvalue weighted by molar-refractivity contribution is 0.766. The average Bonchev–Trinajstić information content (AvgIpc) is 3.49. The molecule has 0 bridgehead atoms. The van der Waals surface area contributed by atoms with Gasteiger partial charge >= 0.3 is 0 Å². The van der Waals surface area contributed by atoms with Gasteiger partial charge in [0, 0.05) is 34.1 Å². The van der Waals surface area contributed by atoms with E-state index >= 15 is 0 Å². The van der Waals surface area contributed by atoms with Crippen LogP contribution in [0.15, 0.2) is 206 Å². The van der Waals surface area contributed by atoms with Gasteiger partial charge in [0.25, 0.3) is 0 Å². The SMILES string of the molecule is Cc1ccc2c(c1)C(c1cccc(N(c3ccccc3)c3ccccc3)c1)(c1cccc(N(c3ccccc3)c3ccccc3)c1)c1cc(C)ccc1-2. The fourth-order valence-corrected chi connectivity index (χ4v) is 8.30. The molecular weight excluding hydrogens is 641 g/mol. The number of hydrogen-bond donors (Lipinski definition) is 0. The quantitative estimate of drug-likeness (QED) is 0.158. The fraction of sp³-hybridized carbons (Fsp3) is 0.0588. The van der Waals surface area contributed by atoms with Crippen molar-refractivity contribution in [2.45, 2.75) is 19.3 Å². The molecule has 0 radical (unpaired) electrons. The summed E-state index contributed by atoms with van der Waals surface area (Å²) in [4.78, 5) is 4.73. The van der Waals surface area contributed by atoms with Gasteiger partial charge in [-0.2, -0.15) is 0 Å². The second-order valence-corrected chi connectivity index (χ2v) is 14.0. The molecule has 53 heavy (non-hydrogen) atoms. The number of benzene rings is 8. The minimum absolute atomic E-state index is 0.590. The molecule has 0 N–H and O–H groups in total. The maximum Gasteiger partial charge on any atom is 0.0715 e. The van der Waals surface area contributed by atoms with Gasteiger partial charge in [-0.1, -0.05) is 145 Å². The maximum absolute atomic E-state index is 2.42. The summed E-state index contributed by atoms with van der Waals surface area (Å²) in [5.74, 6) is 0. The largest absolute Gasteiger partial charge is 0.310 e. The van der Waals surface area contributed by atoms with E-state index in [0.29, 0.717) is 0 Å². The van der Waals surface area contributed by atoms with Crippen molar-refractivity contribution in [2.75, 3.05) is 9.80 Å². The number of anilines is 6. The van der Waals surface area contributed by atoms with Crippen molar-refractivity contribution in [3.63, 3.8) is 0 Å². The number of para-hydroxylation sites is 4. The predicted molar refractivity (Wildman–Crippen MR) is 223 cm³/mol. The average molecular weight is 681 g/mol. The summed E-state index contributed by atoms with van der Waals surface area (Å²) in [5, 5.41) is 0. The van der Waals surface area contributed by atoms with E-state index in [4.69, 9.17) is 0 Å². The number of nitrogens with zero attached hydrogens (tertiary/aromatic N) is 2. The van der Waals surface area contributed by atoms with Crippen molar-refractivity contribution < 1.29 is 0 Å². The topological polar surface area (TPSA) is 6.48 Å². The first-order valence-corrected chi connectivity index (χ1v) is 18.4. The maximum atomic E-state index is 2.42. The molecule has 1 aliphatic carbocycles. The number of hydrogen-bond acceptors (Lipinski definition) is 2. The summed E-state index contributed by atoms with van der Waals surface area (Å²) in [5.41, 5.74) is 16.2. The van der Waals surface area contributed by atoms with Crippen LogP contribution in [0.4, 0.5) is 34.1 Å². The first-order valence-electron chi connectivity index (χ1n) is 18.4. The van der Waals surface area contributed by atoms with Gasteiger partial charge < -0.3 is 9.80 Å². The van der Waals surface area contributed by atoms with Gasteiger partial charge in [0.1, 0.15) is 0 Å². The zero-order chi connectivity index (χ0) is 35.8. The van der Waals surface area contributed by atoms with Gasteiger partial charge in [0.05, 0.1) is 5.41 Å². The summed E-state index contributed by atoms with van der Waals surface area (Å²) in [6, 6.07) is 75.2. The Morgan fingerprint density at radius 3 is 0.962 bits per heavy atom. The summed E-state index contributed by atoms with van der Waals surface area (Å²) in [6.45, 7) is 4.43.